The van der Waals surface area contributed by atoms with Gasteiger partial charge in [-0.05, 0) is 31.5 Å². The topological polar surface area (TPSA) is 56.7 Å². The fraction of sp³-hybridized carbons (Fsp3) is 0.353. The molecule has 1 fully saturated rings. The predicted molar refractivity (Wildman–Crippen MR) is 90.6 cm³/mol. The van der Waals surface area contributed by atoms with E-state index in [1.165, 1.54) is 5.56 Å². The van der Waals surface area contributed by atoms with E-state index < -0.39 is 0 Å². The van der Waals surface area contributed by atoms with E-state index in [-0.39, 0.29) is 0 Å². The van der Waals surface area contributed by atoms with Gasteiger partial charge >= 0.3 is 0 Å². The summed E-state index contributed by atoms with van der Waals surface area (Å²) in [5, 5.41) is 8.66. The molecule has 0 radical (unpaired) electrons. The molecular weight excluding hydrogens is 308 g/mol. The number of hydrogen-bond acceptors (Lipinski definition) is 5. The Morgan fingerprint density at radius 3 is 2.83 bits per heavy atom. The second kappa shape index (κ2) is 5.85. The van der Waals surface area contributed by atoms with E-state index in [1.807, 2.05) is 35.5 Å². The van der Waals surface area contributed by atoms with Crippen LogP contribution in [0.15, 0.2) is 34.9 Å². The maximum atomic E-state index is 5.41. The van der Waals surface area contributed by atoms with Crippen LogP contribution in [-0.4, -0.2) is 31.4 Å². The minimum Gasteiger partial charge on any atom is -0.339 e. The lowest BCUT2D eigenvalue weighted by atomic mass is 10.1. The molecule has 23 heavy (non-hydrogen) atoms. The molecule has 0 spiro atoms. The van der Waals surface area contributed by atoms with Gasteiger partial charge in [-0.2, -0.15) is 21.8 Å². The number of aryl methyl sites for hydroxylation is 2. The summed E-state index contributed by atoms with van der Waals surface area (Å²) < 4.78 is 7.43. The first-order valence-electron chi connectivity index (χ1n) is 7.71. The highest BCUT2D eigenvalue weighted by molar-refractivity contribution is 8.00. The molecule has 0 aliphatic carbocycles. The van der Waals surface area contributed by atoms with E-state index in [0.717, 1.165) is 40.9 Å². The van der Waals surface area contributed by atoms with Crippen molar-refractivity contribution in [2.45, 2.75) is 26.3 Å². The van der Waals surface area contributed by atoms with Crippen LogP contribution >= 0.6 is 11.8 Å². The molecule has 0 bridgehead atoms. The standard InChI is InChI=1S/C17H18N4OS/c1-11-6-12(2)21(19-11)8-13-4-3-5-14(7-13)16-18-17(22-20-16)15-9-23-10-15/h3-7,15H,8-10H2,1-2H3. The maximum Gasteiger partial charge on any atom is 0.231 e. The molecule has 6 heteroatoms. The average molecular weight is 326 g/mol. The van der Waals surface area contributed by atoms with Crippen molar-refractivity contribution in [1.29, 1.82) is 0 Å². The van der Waals surface area contributed by atoms with Crippen LogP contribution in [0, 0.1) is 13.8 Å². The molecule has 1 aliphatic rings. The number of benzene rings is 1. The minimum absolute atomic E-state index is 0.430. The molecule has 1 aromatic carbocycles. The lowest BCUT2D eigenvalue weighted by molar-refractivity contribution is 0.365. The predicted octanol–water partition coefficient (Wildman–Crippen LogP) is 3.43. The first-order valence-corrected chi connectivity index (χ1v) is 8.86. The van der Waals surface area contributed by atoms with Crippen LogP contribution in [0.1, 0.15) is 28.8 Å². The summed E-state index contributed by atoms with van der Waals surface area (Å²) in [5.74, 6) is 4.04. The lowest BCUT2D eigenvalue weighted by Crippen LogP contribution is -2.15. The molecule has 2 aromatic heterocycles. The van der Waals surface area contributed by atoms with Crippen molar-refractivity contribution < 1.29 is 4.52 Å². The molecule has 4 rings (SSSR count). The summed E-state index contributed by atoms with van der Waals surface area (Å²) in [7, 11) is 0. The second-order valence-electron chi connectivity index (χ2n) is 5.98. The molecule has 1 saturated heterocycles. The zero-order chi connectivity index (χ0) is 15.8. The molecule has 0 N–H and O–H groups in total. The summed E-state index contributed by atoms with van der Waals surface area (Å²) in [6.45, 7) is 4.84. The fourth-order valence-electron chi connectivity index (χ4n) is 2.71. The van der Waals surface area contributed by atoms with Gasteiger partial charge in [0.15, 0.2) is 0 Å². The van der Waals surface area contributed by atoms with Gasteiger partial charge in [-0.1, -0.05) is 23.4 Å². The Morgan fingerprint density at radius 1 is 1.26 bits per heavy atom. The summed E-state index contributed by atoms with van der Waals surface area (Å²) >= 11 is 1.91. The Morgan fingerprint density at radius 2 is 2.13 bits per heavy atom. The summed E-state index contributed by atoms with van der Waals surface area (Å²) in [6.07, 6.45) is 0. The van der Waals surface area contributed by atoms with E-state index in [1.54, 1.807) is 0 Å². The highest BCUT2D eigenvalue weighted by atomic mass is 32.2. The van der Waals surface area contributed by atoms with Crippen molar-refractivity contribution in [3.05, 3.63) is 53.2 Å². The molecule has 0 amide bonds. The molecule has 0 saturated carbocycles. The molecule has 1 aliphatic heterocycles. The van der Waals surface area contributed by atoms with Crippen LogP contribution in [0.2, 0.25) is 0 Å². The van der Waals surface area contributed by atoms with Crippen LogP contribution in [0.4, 0.5) is 0 Å². The molecule has 3 heterocycles. The van der Waals surface area contributed by atoms with Crippen molar-refractivity contribution in [2.75, 3.05) is 11.5 Å². The van der Waals surface area contributed by atoms with Gasteiger partial charge in [-0.15, -0.1) is 0 Å². The van der Waals surface area contributed by atoms with Crippen molar-refractivity contribution >= 4 is 11.8 Å². The Labute approximate surface area is 139 Å². The number of rotatable bonds is 4. The normalized spacial score (nSPS) is 14.9. The molecule has 5 nitrogen and oxygen atoms in total. The molecule has 3 aromatic rings. The molecule has 0 unspecified atom stereocenters. The number of nitrogens with zero attached hydrogens (tertiary/aromatic N) is 4. The minimum atomic E-state index is 0.430. The van der Waals surface area contributed by atoms with Gasteiger partial charge in [-0.3, -0.25) is 4.68 Å². The first kappa shape index (κ1) is 14.5. The van der Waals surface area contributed by atoms with Gasteiger partial charge in [0.1, 0.15) is 0 Å². The third-order valence-electron chi connectivity index (χ3n) is 4.05. The number of aromatic nitrogens is 4. The van der Waals surface area contributed by atoms with Gasteiger partial charge in [0.05, 0.1) is 18.2 Å². The van der Waals surface area contributed by atoms with Crippen molar-refractivity contribution in [3.63, 3.8) is 0 Å². The Kier molecular flexibility index (Phi) is 3.69. The Bertz CT molecular complexity index is 835. The largest absolute Gasteiger partial charge is 0.339 e. The lowest BCUT2D eigenvalue weighted by Gasteiger charge is -2.19. The third-order valence-corrected chi connectivity index (χ3v) is 5.33. The Hall–Kier alpha value is -2.08. The summed E-state index contributed by atoms with van der Waals surface area (Å²) in [4.78, 5) is 4.56. The zero-order valence-electron chi connectivity index (χ0n) is 13.2. The third kappa shape index (κ3) is 2.91. The van der Waals surface area contributed by atoms with Gasteiger partial charge in [-0.25, -0.2) is 0 Å². The highest BCUT2D eigenvalue weighted by Crippen LogP contribution is 2.33. The molecule has 118 valence electrons. The highest BCUT2D eigenvalue weighted by Gasteiger charge is 2.26. The van der Waals surface area contributed by atoms with Crippen molar-refractivity contribution in [2.24, 2.45) is 0 Å². The van der Waals surface area contributed by atoms with E-state index in [0.29, 0.717) is 11.7 Å². The van der Waals surface area contributed by atoms with Crippen LogP contribution in [-0.2, 0) is 6.54 Å². The van der Waals surface area contributed by atoms with Gasteiger partial charge in [0.25, 0.3) is 0 Å². The summed E-state index contributed by atoms with van der Waals surface area (Å²) in [5.41, 5.74) is 4.38. The van der Waals surface area contributed by atoms with Crippen LogP contribution < -0.4 is 0 Å². The first-order chi connectivity index (χ1) is 11.2. The number of thioether (sulfide) groups is 1. The van der Waals surface area contributed by atoms with Crippen LogP contribution in [0.25, 0.3) is 11.4 Å². The summed E-state index contributed by atoms with van der Waals surface area (Å²) in [6, 6.07) is 10.4. The van der Waals surface area contributed by atoms with Gasteiger partial charge in [0.2, 0.25) is 11.7 Å². The van der Waals surface area contributed by atoms with Crippen molar-refractivity contribution in [3.8, 4) is 11.4 Å². The SMILES string of the molecule is Cc1cc(C)n(Cc2cccc(-c3noc(C4CSC4)n3)c2)n1. The van der Waals surface area contributed by atoms with E-state index in [2.05, 4.69) is 40.4 Å². The zero-order valence-corrected chi connectivity index (χ0v) is 14.0. The van der Waals surface area contributed by atoms with Gasteiger partial charge < -0.3 is 4.52 Å². The monoisotopic (exact) mass is 326 g/mol. The van der Waals surface area contributed by atoms with Crippen LogP contribution in [0.3, 0.4) is 0 Å². The average Bonchev–Trinajstić information content (AvgIpc) is 3.05. The van der Waals surface area contributed by atoms with E-state index in [4.69, 9.17) is 4.52 Å². The fourth-order valence-corrected chi connectivity index (χ4v) is 3.47. The molecular formula is C17H18N4OS. The molecule has 0 atom stereocenters. The van der Waals surface area contributed by atoms with E-state index >= 15 is 0 Å². The smallest absolute Gasteiger partial charge is 0.231 e. The van der Waals surface area contributed by atoms with Gasteiger partial charge in [0, 0.05) is 22.8 Å². The quantitative estimate of drug-likeness (QED) is 0.735. The maximum absolute atomic E-state index is 5.41. The van der Waals surface area contributed by atoms with E-state index in [9.17, 15) is 0 Å². The number of hydrogen-bond donors (Lipinski definition) is 0. The Balaban J connectivity index is 1.58. The second-order valence-corrected chi connectivity index (χ2v) is 7.05. The van der Waals surface area contributed by atoms with Crippen LogP contribution in [0.5, 0.6) is 0 Å². The van der Waals surface area contributed by atoms with Crippen molar-refractivity contribution in [1.82, 2.24) is 19.9 Å².